The van der Waals surface area contributed by atoms with Gasteiger partial charge in [-0.15, -0.1) is 0 Å². The van der Waals surface area contributed by atoms with E-state index in [1.165, 1.54) is 171 Å². The minimum absolute atomic E-state index is 0.108. The normalized spacial score (nSPS) is 13.2. The molecule has 24 aromatic rings. The average Bonchev–Trinajstić information content (AvgIpc) is 1.55. The lowest BCUT2D eigenvalue weighted by Crippen LogP contribution is -2.16. The summed E-state index contributed by atoms with van der Waals surface area (Å²) in [5.41, 5.74) is 42.0. The molecule has 0 radical (unpaired) electrons. The monoisotopic (exact) mass is 1770 g/mol. The van der Waals surface area contributed by atoms with Gasteiger partial charge in [0.15, 0.2) is 23.3 Å². The van der Waals surface area contributed by atoms with Crippen LogP contribution < -0.4 is 0 Å². The summed E-state index contributed by atoms with van der Waals surface area (Å²) >= 11 is 0. The van der Waals surface area contributed by atoms with Crippen LogP contribution in [0.25, 0.3) is 217 Å². The van der Waals surface area contributed by atoms with Crippen LogP contribution in [-0.2, 0) is 16.2 Å². The number of para-hydroxylation sites is 3. The highest BCUT2D eigenvalue weighted by Gasteiger charge is 2.42. The highest BCUT2D eigenvalue weighted by Crippen LogP contribution is 2.57. The van der Waals surface area contributed by atoms with E-state index in [-0.39, 0.29) is 16.2 Å². The zero-order valence-electron chi connectivity index (χ0n) is 77.5. The van der Waals surface area contributed by atoms with Crippen LogP contribution in [0, 0.1) is 0 Å². The van der Waals surface area contributed by atoms with E-state index < -0.39 is 0 Å². The maximum Gasteiger partial charge on any atom is 0.164 e. The van der Waals surface area contributed by atoms with Crippen molar-refractivity contribution in [1.29, 1.82) is 0 Å². The molecule has 138 heavy (non-hydrogen) atoms. The van der Waals surface area contributed by atoms with Crippen molar-refractivity contribution in [3.05, 3.63) is 494 Å². The van der Waals surface area contributed by atoms with Crippen molar-refractivity contribution in [3.8, 4) is 152 Å². The highest BCUT2D eigenvalue weighted by molar-refractivity contribution is 6.16. The van der Waals surface area contributed by atoms with Gasteiger partial charge in [0.25, 0.3) is 0 Å². The van der Waals surface area contributed by atoms with Gasteiger partial charge in [-0.1, -0.05) is 399 Å². The van der Waals surface area contributed by atoms with Crippen molar-refractivity contribution in [2.75, 3.05) is 0 Å². The van der Waals surface area contributed by atoms with E-state index in [1.807, 2.05) is 72.8 Å². The molecule has 8 nitrogen and oxygen atoms in total. The molecule has 0 saturated carbocycles. The van der Waals surface area contributed by atoms with E-state index in [1.54, 1.807) is 0 Å². The zero-order chi connectivity index (χ0) is 92.5. The fraction of sp³-hybridized carbons (Fsp3) is 0.0692. The van der Waals surface area contributed by atoms with Crippen molar-refractivity contribution in [2.45, 2.75) is 57.8 Å². The molecule has 654 valence electrons. The largest absolute Gasteiger partial charge is 0.309 e. The van der Waals surface area contributed by atoms with Crippen LogP contribution in [0.5, 0.6) is 0 Å². The molecule has 0 N–H and O–H groups in total. The molecular weight excluding hydrogens is 1670 g/mol. The maximum absolute atomic E-state index is 5.06. The van der Waals surface area contributed by atoms with E-state index in [0.717, 1.165) is 56.1 Å². The predicted molar refractivity (Wildman–Crippen MR) is 573 cm³/mol. The summed E-state index contributed by atoms with van der Waals surface area (Å²) in [6, 6.07) is 165. The summed E-state index contributed by atoms with van der Waals surface area (Å²) < 4.78 is 7.40. The number of benzene rings is 19. The van der Waals surface area contributed by atoms with Gasteiger partial charge in [-0.05, 0) is 203 Å². The van der Waals surface area contributed by atoms with Crippen molar-refractivity contribution in [2.24, 2.45) is 0 Å². The molecular formula is C130H94N8. The lowest BCUT2D eigenvalue weighted by atomic mass is 9.81. The minimum Gasteiger partial charge on any atom is -0.309 e. The average molecular weight is 1770 g/mol. The van der Waals surface area contributed by atoms with Crippen LogP contribution in [-0.4, -0.2) is 38.6 Å². The first-order chi connectivity index (χ1) is 67.7. The first-order valence-corrected chi connectivity index (χ1v) is 47.7. The second-order valence-corrected chi connectivity index (χ2v) is 38.1. The predicted octanol–water partition coefficient (Wildman–Crippen LogP) is 33.2. The van der Waals surface area contributed by atoms with Crippen molar-refractivity contribution < 1.29 is 0 Å². The summed E-state index contributed by atoms with van der Waals surface area (Å²) in [5.74, 6) is 2.69. The van der Waals surface area contributed by atoms with Gasteiger partial charge in [-0.25, -0.2) is 24.9 Å². The van der Waals surface area contributed by atoms with E-state index in [0.29, 0.717) is 23.3 Å². The Labute approximate surface area is 802 Å². The van der Waals surface area contributed by atoms with Gasteiger partial charge in [-0.3, -0.25) is 0 Å². The topological polar surface area (TPSA) is 79.2 Å². The first-order valence-electron chi connectivity index (χ1n) is 47.7. The summed E-state index contributed by atoms with van der Waals surface area (Å²) in [7, 11) is 0. The molecule has 3 aliphatic rings. The minimum atomic E-state index is -0.135. The lowest BCUT2D eigenvalue weighted by Gasteiger charge is -2.23. The smallest absolute Gasteiger partial charge is 0.164 e. The molecule has 8 heteroatoms. The molecule has 0 aliphatic heterocycles. The molecule has 0 spiro atoms. The lowest BCUT2D eigenvalue weighted by molar-refractivity contribution is 0.663. The number of nitrogens with zero attached hydrogens (tertiary/aromatic N) is 8. The molecule has 0 bridgehead atoms. The summed E-state index contributed by atoms with van der Waals surface area (Å²) in [4.78, 5) is 24.9. The standard InChI is InChI=1S/C45H33N.C43H31N3.C42H30N4/c1-45(2)41-19-11-9-17-37(41)39-25-26-40-38-18-10-12-20-42(38)46(44(40)43(39)45)36-23-21-32(22-24-36)35-28-33(30-13-5-3-6-14-30)27-34(29-35)31-15-7-4-8-16-31;1-43(2)36-19-11-9-17-32(36)34-25-26-35-33-18-10-12-20-39(33)46(41(35)40(34)43)31-23-21-30(22-24-31)42-44-37(28-13-5-3-6-14-28)27-38(45-42)29-15-7-4-8-16-29;1-42(2)35-19-11-9-17-31(35)33-25-26-34-32-18-10-12-20-36(32)46(38(34)37(33)42)30-23-21-29(22-24-30)41-44-39(27-13-5-3-6-14-27)43-40(45-41)28-15-7-4-8-16-28/h3-29H,1-2H3;3-27H,1-2H3;3-26H,1-2H3. The Morgan fingerprint density at radius 3 is 0.703 bits per heavy atom. The Bertz CT molecular complexity index is 7900. The van der Waals surface area contributed by atoms with Crippen LogP contribution >= 0.6 is 0 Å². The summed E-state index contributed by atoms with van der Waals surface area (Å²) in [6.45, 7) is 14.2. The molecule has 5 heterocycles. The van der Waals surface area contributed by atoms with Gasteiger partial charge < -0.3 is 13.7 Å². The molecule has 3 aliphatic carbocycles. The third-order valence-electron chi connectivity index (χ3n) is 29.0. The molecule has 0 fully saturated rings. The number of rotatable bonds is 12. The van der Waals surface area contributed by atoms with Crippen molar-refractivity contribution in [3.63, 3.8) is 0 Å². The van der Waals surface area contributed by atoms with Crippen LogP contribution in [0.1, 0.15) is 74.9 Å². The Balaban J connectivity index is 0.000000110. The number of hydrogen-bond acceptors (Lipinski definition) is 5. The van der Waals surface area contributed by atoms with Gasteiger partial charge in [0.05, 0.1) is 44.5 Å². The maximum atomic E-state index is 5.06. The number of aromatic nitrogens is 8. The van der Waals surface area contributed by atoms with Gasteiger partial charge in [0, 0.05) is 99.0 Å². The first kappa shape index (κ1) is 82.6. The second kappa shape index (κ2) is 33.1. The molecule has 27 rings (SSSR count). The van der Waals surface area contributed by atoms with Crippen LogP contribution in [0.15, 0.2) is 461 Å². The second-order valence-electron chi connectivity index (χ2n) is 38.1. The molecule has 0 amide bonds. The van der Waals surface area contributed by atoms with Crippen molar-refractivity contribution in [1.82, 2.24) is 38.6 Å². The SMILES string of the molecule is CC1(C)c2ccccc2-c2ccc3c4ccccc4n(-c4ccc(-c5cc(-c6ccccc6)cc(-c6ccccc6)c5)cc4)c3c21.CC1(C)c2ccccc2-c2ccc3c4ccccc4n(-c4ccc(-c5nc(-c6ccccc6)cc(-c6ccccc6)n5)cc4)c3c21.CC1(C)c2ccccc2-c2ccc3c4ccccc4n(-c4ccc(-c5nc(-c6ccccc6)nc(-c6ccccc6)n5)cc4)c3c21. The summed E-state index contributed by atoms with van der Waals surface area (Å²) in [5, 5.41) is 7.68. The Kier molecular flexibility index (Phi) is 19.8. The van der Waals surface area contributed by atoms with E-state index in [2.05, 4.69) is 443 Å². The highest BCUT2D eigenvalue weighted by atomic mass is 15.0. The Morgan fingerprint density at radius 1 is 0.167 bits per heavy atom. The van der Waals surface area contributed by atoms with E-state index in [9.17, 15) is 0 Å². The molecule has 5 aromatic heterocycles. The Hall–Kier alpha value is -17.3. The molecule has 0 unspecified atom stereocenters. The fourth-order valence-corrected chi connectivity index (χ4v) is 22.5. The third kappa shape index (κ3) is 13.8. The van der Waals surface area contributed by atoms with E-state index >= 15 is 0 Å². The van der Waals surface area contributed by atoms with Crippen LogP contribution in [0.2, 0.25) is 0 Å². The van der Waals surface area contributed by atoms with Gasteiger partial charge >= 0.3 is 0 Å². The number of fused-ring (bicyclic) bond motifs is 21. The zero-order valence-corrected chi connectivity index (χ0v) is 77.5. The van der Waals surface area contributed by atoms with Gasteiger partial charge in [-0.2, -0.15) is 0 Å². The summed E-state index contributed by atoms with van der Waals surface area (Å²) in [6.07, 6.45) is 0. The molecule has 0 saturated heterocycles. The third-order valence-corrected chi connectivity index (χ3v) is 29.0. The molecule has 19 aromatic carbocycles. The quantitative estimate of drug-likeness (QED) is 0.122. The van der Waals surface area contributed by atoms with Gasteiger partial charge in [0.2, 0.25) is 0 Å². The van der Waals surface area contributed by atoms with Crippen LogP contribution in [0.4, 0.5) is 0 Å². The van der Waals surface area contributed by atoms with Crippen LogP contribution in [0.3, 0.4) is 0 Å². The molecule has 0 atom stereocenters. The van der Waals surface area contributed by atoms with E-state index in [4.69, 9.17) is 24.9 Å². The van der Waals surface area contributed by atoms with Crippen molar-refractivity contribution >= 4 is 65.4 Å². The Morgan fingerprint density at radius 2 is 0.399 bits per heavy atom. The fourth-order valence-electron chi connectivity index (χ4n) is 22.5. The number of hydrogen-bond donors (Lipinski definition) is 0. The van der Waals surface area contributed by atoms with Gasteiger partial charge in [0.1, 0.15) is 0 Å².